The van der Waals surface area contributed by atoms with Gasteiger partial charge in [-0.25, -0.2) is 9.18 Å². The number of carbonyl (C=O) groups excluding carboxylic acids is 1. The number of hydrogen-bond acceptors (Lipinski definition) is 4. The highest BCUT2D eigenvalue weighted by molar-refractivity contribution is 5.68. The van der Waals surface area contributed by atoms with Crippen LogP contribution in [0.3, 0.4) is 0 Å². The lowest BCUT2D eigenvalue weighted by atomic mass is 9.82. The first kappa shape index (κ1) is 17.7. The molecule has 1 aliphatic heterocycles. The Morgan fingerprint density at radius 3 is 2.70 bits per heavy atom. The summed E-state index contributed by atoms with van der Waals surface area (Å²) in [6.07, 6.45) is 0.496. The zero-order valence-corrected chi connectivity index (χ0v) is 13.9. The summed E-state index contributed by atoms with van der Waals surface area (Å²) in [6.45, 7) is 5.86. The summed E-state index contributed by atoms with van der Waals surface area (Å²) < 4.78 is 19.3. The summed E-state index contributed by atoms with van der Waals surface area (Å²) in [4.78, 5) is 13.6. The Hall–Kier alpha value is -1.66. The molecular formula is C17H25FN2O3. The molecule has 2 atom stereocenters. The van der Waals surface area contributed by atoms with Crippen LogP contribution in [0.15, 0.2) is 24.3 Å². The number of halogens is 1. The Kier molecular flexibility index (Phi) is 4.96. The average molecular weight is 324 g/mol. The fourth-order valence-corrected chi connectivity index (χ4v) is 2.82. The first-order valence-corrected chi connectivity index (χ1v) is 7.83. The molecule has 0 aromatic heterocycles. The van der Waals surface area contributed by atoms with E-state index in [0.29, 0.717) is 19.4 Å². The van der Waals surface area contributed by atoms with Gasteiger partial charge in [-0.2, -0.15) is 0 Å². The number of rotatable bonds is 2. The minimum atomic E-state index is -1.38. The number of hydrogen-bond donors (Lipinski definition) is 2. The Bertz CT molecular complexity index is 573. The fourth-order valence-electron chi connectivity index (χ4n) is 2.82. The van der Waals surface area contributed by atoms with E-state index in [1.807, 2.05) is 0 Å². The fraction of sp³-hybridized carbons (Fsp3) is 0.588. The number of β-amino-alcohol motifs (C(OH)–C–C–N with tert-alkyl or cyclic N) is 1. The van der Waals surface area contributed by atoms with Crippen LogP contribution in [-0.4, -0.2) is 40.4 Å². The normalized spacial score (nSPS) is 23.5. The molecule has 2 rings (SSSR count). The number of nitrogens with two attached hydrogens (primary N) is 1. The predicted molar refractivity (Wildman–Crippen MR) is 85.3 cm³/mol. The number of aliphatic hydroxyl groups is 1. The zero-order chi connectivity index (χ0) is 17.3. The van der Waals surface area contributed by atoms with Crippen LogP contribution < -0.4 is 5.73 Å². The minimum Gasteiger partial charge on any atom is -0.444 e. The molecular weight excluding hydrogens is 299 g/mol. The first-order valence-electron chi connectivity index (χ1n) is 7.83. The van der Waals surface area contributed by atoms with Gasteiger partial charge in [0.15, 0.2) is 0 Å². The molecule has 1 fully saturated rings. The van der Waals surface area contributed by atoms with Gasteiger partial charge in [-0.05, 0) is 39.7 Å². The smallest absolute Gasteiger partial charge is 0.410 e. The monoisotopic (exact) mass is 324 g/mol. The molecule has 2 unspecified atom stereocenters. The lowest BCUT2D eigenvalue weighted by molar-refractivity contribution is -0.0580. The third-order valence-electron chi connectivity index (χ3n) is 3.97. The Morgan fingerprint density at radius 2 is 2.09 bits per heavy atom. The number of likely N-dealkylation sites (tertiary alicyclic amines) is 1. The first-order chi connectivity index (χ1) is 10.6. The maximum Gasteiger partial charge on any atom is 0.410 e. The van der Waals surface area contributed by atoms with Crippen molar-refractivity contribution < 1.29 is 19.0 Å². The molecule has 0 saturated carbocycles. The van der Waals surface area contributed by atoms with Crippen LogP contribution >= 0.6 is 0 Å². The Morgan fingerprint density at radius 1 is 1.43 bits per heavy atom. The van der Waals surface area contributed by atoms with Crippen LogP contribution in [0, 0.1) is 5.82 Å². The van der Waals surface area contributed by atoms with E-state index in [4.69, 9.17) is 10.5 Å². The summed E-state index contributed by atoms with van der Waals surface area (Å²) in [5.41, 5.74) is 4.39. The van der Waals surface area contributed by atoms with Crippen LogP contribution in [0.1, 0.15) is 45.2 Å². The molecule has 0 bridgehead atoms. The van der Waals surface area contributed by atoms with Gasteiger partial charge in [0.05, 0.1) is 12.6 Å². The summed E-state index contributed by atoms with van der Waals surface area (Å²) in [7, 11) is 0. The average Bonchev–Trinajstić information content (AvgIpc) is 2.45. The highest BCUT2D eigenvalue weighted by atomic mass is 19.1. The standard InChI is InChI=1S/C17H25FN2O3/c1-16(2,3)23-15(21)20-10-6-9-17(22,11-20)14(19)12-7-4-5-8-13(12)18/h4-5,7-8,14,22H,6,9-11,19H2,1-3H3. The molecule has 1 saturated heterocycles. The van der Waals surface area contributed by atoms with E-state index in [9.17, 15) is 14.3 Å². The van der Waals surface area contributed by atoms with Crippen LogP contribution in [0.2, 0.25) is 0 Å². The minimum absolute atomic E-state index is 0.0252. The quantitative estimate of drug-likeness (QED) is 0.877. The van der Waals surface area contributed by atoms with Crippen molar-refractivity contribution in [3.63, 3.8) is 0 Å². The number of amides is 1. The summed E-state index contributed by atoms with van der Waals surface area (Å²) >= 11 is 0. The van der Waals surface area contributed by atoms with E-state index in [1.165, 1.54) is 11.0 Å². The van der Waals surface area contributed by atoms with Crippen molar-refractivity contribution in [3.05, 3.63) is 35.6 Å². The van der Waals surface area contributed by atoms with Crippen molar-refractivity contribution in [1.29, 1.82) is 0 Å². The van der Waals surface area contributed by atoms with Gasteiger partial charge in [0.25, 0.3) is 0 Å². The topological polar surface area (TPSA) is 75.8 Å². The van der Waals surface area contributed by atoms with Gasteiger partial charge >= 0.3 is 6.09 Å². The van der Waals surface area contributed by atoms with E-state index in [0.717, 1.165) is 0 Å². The summed E-state index contributed by atoms with van der Waals surface area (Å²) in [5, 5.41) is 10.9. The number of benzene rings is 1. The van der Waals surface area contributed by atoms with Crippen LogP contribution in [0.25, 0.3) is 0 Å². The third kappa shape index (κ3) is 4.20. The van der Waals surface area contributed by atoms with Gasteiger partial charge in [-0.15, -0.1) is 0 Å². The van der Waals surface area contributed by atoms with Crippen LogP contribution in [0.5, 0.6) is 0 Å². The predicted octanol–water partition coefficient (Wildman–Crippen LogP) is 2.59. The molecule has 128 valence electrons. The van der Waals surface area contributed by atoms with E-state index in [2.05, 4.69) is 0 Å². The van der Waals surface area contributed by atoms with Crippen molar-refractivity contribution in [2.45, 2.75) is 50.9 Å². The Labute approximate surface area is 136 Å². The van der Waals surface area contributed by atoms with Gasteiger partial charge in [0.2, 0.25) is 0 Å². The molecule has 0 aliphatic carbocycles. The van der Waals surface area contributed by atoms with E-state index in [-0.39, 0.29) is 12.1 Å². The van der Waals surface area contributed by atoms with Gasteiger partial charge < -0.3 is 20.5 Å². The molecule has 1 aromatic rings. The van der Waals surface area contributed by atoms with E-state index < -0.39 is 29.2 Å². The lowest BCUT2D eigenvalue weighted by Gasteiger charge is -2.42. The molecule has 0 radical (unpaired) electrons. The van der Waals surface area contributed by atoms with Gasteiger partial charge in [0.1, 0.15) is 17.0 Å². The molecule has 1 aliphatic rings. The zero-order valence-electron chi connectivity index (χ0n) is 13.9. The maximum atomic E-state index is 13.9. The molecule has 5 nitrogen and oxygen atoms in total. The number of nitrogens with zero attached hydrogens (tertiary/aromatic N) is 1. The molecule has 3 N–H and O–H groups in total. The third-order valence-corrected chi connectivity index (χ3v) is 3.97. The summed E-state index contributed by atoms with van der Waals surface area (Å²) in [6, 6.07) is 5.21. The SMILES string of the molecule is CC(C)(C)OC(=O)N1CCCC(O)(C(N)c2ccccc2F)C1. The summed E-state index contributed by atoms with van der Waals surface area (Å²) in [5.74, 6) is -0.456. The second kappa shape index (κ2) is 6.45. The number of carbonyl (C=O) groups is 1. The van der Waals surface area contributed by atoms with Crippen LogP contribution in [0.4, 0.5) is 9.18 Å². The molecule has 6 heteroatoms. The molecule has 1 heterocycles. The van der Waals surface area contributed by atoms with Gasteiger partial charge in [-0.1, -0.05) is 18.2 Å². The highest BCUT2D eigenvalue weighted by Crippen LogP contribution is 2.33. The molecule has 1 aromatic carbocycles. The highest BCUT2D eigenvalue weighted by Gasteiger charge is 2.42. The van der Waals surface area contributed by atoms with Crippen molar-refractivity contribution >= 4 is 6.09 Å². The Balaban J connectivity index is 2.15. The number of piperidine rings is 1. The van der Waals surface area contributed by atoms with E-state index in [1.54, 1.807) is 39.0 Å². The van der Waals surface area contributed by atoms with Crippen molar-refractivity contribution in [1.82, 2.24) is 4.90 Å². The van der Waals surface area contributed by atoms with Crippen molar-refractivity contribution in [2.75, 3.05) is 13.1 Å². The van der Waals surface area contributed by atoms with E-state index >= 15 is 0 Å². The van der Waals surface area contributed by atoms with Gasteiger partial charge in [-0.3, -0.25) is 0 Å². The second-order valence-electron chi connectivity index (χ2n) is 7.11. The van der Waals surface area contributed by atoms with Crippen molar-refractivity contribution in [3.8, 4) is 0 Å². The lowest BCUT2D eigenvalue weighted by Crippen LogP contribution is -2.56. The van der Waals surface area contributed by atoms with Crippen LogP contribution in [-0.2, 0) is 4.74 Å². The van der Waals surface area contributed by atoms with Crippen molar-refractivity contribution in [2.24, 2.45) is 5.73 Å². The largest absolute Gasteiger partial charge is 0.444 e. The van der Waals surface area contributed by atoms with Gasteiger partial charge in [0, 0.05) is 12.1 Å². The second-order valence-corrected chi connectivity index (χ2v) is 7.11. The molecule has 0 spiro atoms. The maximum absolute atomic E-state index is 13.9. The number of ether oxygens (including phenoxy) is 1. The molecule has 23 heavy (non-hydrogen) atoms. The molecule has 1 amide bonds.